The average Bonchev–Trinajstić information content (AvgIpc) is 3.47. The van der Waals surface area contributed by atoms with Gasteiger partial charge >= 0.3 is 0 Å². The minimum Gasteiger partial charge on any atom is -0.497 e. The van der Waals surface area contributed by atoms with Gasteiger partial charge in [-0.3, -0.25) is 19.3 Å². The first kappa shape index (κ1) is 32.9. The number of halogens is 1. The Bertz CT molecular complexity index is 1820. The largest absolute Gasteiger partial charge is 0.497 e. The predicted molar refractivity (Wildman–Crippen MR) is 181 cm³/mol. The third-order valence-electron chi connectivity index (χ3n) is 8.81. The summed E-state index contributed by atoms with van der Waals surface area (Å²) < 4.78 is 28.2. The zero-order chi connectivity index (χ0) is 34.0. The Kier molecular flexibility index (Phi) is 9.31. The number of amides is 2. The van der Waals surface area contributed by atoms with Gasteiger partial charge in [0, 0.05) is 67.0 Å². The van der Waals surface area contributed by atoms with E-state index < -0.39 is 11.6 Å². The van der Waals surface area contributed by atoms with Crippen LogP contribution in [0.15, 0.2) is 60.9 Å². The molecule has 4 aromatic rings. The first-order valence-electron chi connectivity index (χ1n) is 16.0. The molecule has 2 saturated heterocycles. The highest BCUT2D eigenvalue weighted by Crippen LogP contribution is 2.33. The quantitative estimate of drug-likeness (QED) is 0.248. The number of carbonyl (C=O) groups excluding carboxylic acids is 2. The lowest BCUT2D eigenvalue weighted by Gasteiger charge is -2.45. The molecule has 0 bridgehead atoms. The summed E-state index contributed by atoms with van der Waals surface area (Å²) in [5, 5.41) is 8.18. The normalized spacial score (nSPS) is 16.4. The van der Waals surface area contributed by atoms with Crippen molar-refractivity contribution in [3.05, 3.63) is 66.6 Å². The van der Waals surface area contributed by atoms with E-state index in [4.69, 9.17) is 19.6 Å². The van der Waals surface area contributed by atoms with Crippen molar-refractivity contribution in [2.45, 2.75) is 31.5 Å². The second-order valence-corrected chi connectivity index (χ2v) is 12.6. The van der Waals surface area contributed by atoms with Crippen molar-refractivity contribution in [2.75, 3.05) is 66.4 Å². The molecule has 0 atom stereocenters. The number of hydrogen-bond donors (Lipinski definition) is 1. The molecule has 2 fully saturated rings. The van der Waals surface area contributed by atoms with Gasteiger partial charge in [0.05, 0.1) is 62.0 Å². The van der Waals surface area contributed by atoms with Crippen molar-refractivity contribution in [3.63, 3.8) is 0 Å². The number of likely N-dealkylation sites (tertiary alicyclic amines) is 2. The second kappa shape index (κ2) is 13.6. The Hall–Kier alpha value is -5.04. The summed E-state index contributed by atoms with van der Waals surface area (Å²) in [6, 6.07) is 11.5. The molecule has 0 spiro atoms. The zero-order valence-corrected chi connectivity index (χ0v) is 27.9. The summed E-state index contributed by atoms with van der Waals surface area (Å²) in [5.41, 5.74) is 3.52. The molecule has 0 radical (unpaired) electrons. The number of nitrogens with one attached hydrogen (secondary N) is 1. The highest BCUT2D eigenvalue weighted by molar-refractivity contribution is 5.93. The maximum atomic E-state index is 15.5. The number of likely N-dealkylation sites (N-methyl/N-ethyl adjacent to an activating group) is 1. The van der Waals surface area contributed by atoms with E-state index in [1.165, 1.54) is 11.0 Å². The van der Waals surface area contributed by atoms with Crippen LogP contribution in [0.25, 0.3) is 22.3 Å². The molecule has 2 aliphatic rings. The van der Waals surface area contributed by atoms with Crippen molar-refractivity contribution in [2.24, 2.45) is 0 Å². The van der Waals surface area contributed by atoms with E-state index in [1.54, 1.807) is 31.4 Å². The van der Waals surface area contributed by atoms with Gasteiger partial charge in [0.15, 0.2) is 0 Å². The summed E-state index contributed by atoms with van der Waals surface area (Å²) in [6.45, 7) is 2.98. The van der Waals surface area contributed by atoms with E-state index in [2.05, 4.69) is 10.3 Å². The Balaban J connectivity index is 1.09. The SMILES string of the molecule is COc1cc(Nc2ccc3ncc(-c4cn(C5CCN(C(=O)C6(F)CN(C(=O)/C=C/CN(C)C)C6)CC5)nc4C)nc3c2)cc(OC)c1. The number of alkyl halides is 1. The summed E-state index contributed by atoms with van der Waals surface area (Å²) >= 11 is 0. The Morgan fingerprint density at radius 2 is 1.73 bits per heavy atom. The third-order valence-corrected chi connectivity index (χ3v) is 8.81. The van der Waals surface area contributed by atoms with Crippen LogP contribution in [0, 0.1) is 6.92 Å². The number of methoxy groups -OCH3 is 2. The maximum Gasteiger partial charge on any atom is 0.264 e. The smallest absolute Gasteiger partial charge is 0.264 e. The van der Waals surface area contributed by atoms with Crippen molar-refractivity contribution < 1.29 is 23.5 Å². The summed E-state index contributed by atoms with van der Waals surface area (Å²) in [6.07, 6.45) is 8.20. The van der Waals surface area contributed by atoms with Gasteiger partial charge in [-0.15, -0.1) is 0 Å². The van der Waals surface area contributed by atoms with Crippen LogP contribution in [0.4, 0.5) is 15.8 Å². The molecule has 0 aliphatic carbocycles. The standard InChI is InChI=1S/C35H41FN8O4/c1-23-29(32-19-37-30-9-8-24(17-31(30)39-32)38-25-15-27(47-4)18-28(16-25)48-5)20-44(40-23)26-10-13-42(14-11-26)34(46)35(36)21-43(22-35)33(45)7-6-12-41(2)3/h6-9,15-20,26,38H,10-14,21-22H2,1-5H3/b7-6+. The molecule has 6 rings (SSSR count). The first-order chi connectivity index (χ1) is 23.0. The average molecular weight is 657 g/mol. The lowest BCUT2D eigenvalue weighted by Crippen LogP contribution is -2.68. The molecule has 252 valence electrons. The van der Waals surface area contributed by atoms with Crippen LogP contribution in [0.2, 0.25) is 0 Å². The Morgan fingerprint density at radius 3 is 2.40 bits per heavy atom. The molecular weight excluding hydrogens is 615 g/mol. The molecule has 2 aromatic heterocycles. The maximum absolute atomic E-state index is 15.5. The third kappa shape index (κ3) is 6.96. The fraction of sp³-hybridized carbons (Fsp3) is 0.400. The van der Waals surface area contributed by atoms with Crippen molar-refractivity contribution >= 4 is 34.2 Å². The van der Waals surface area contributed by atoms with Gasteiger partial charge in [-0.2, -0.15) is 5.10 Å². The molecule has 1 N–H and O–H groups in total. The van der Waals surface area contributed by atoms with E-state index in [0.29, 0.717) is 49.7 Å². The van der Waals surface area contributed by atoms with Crippen molar-refractivity contribution in [1.82, 2.24) is 34.4 Å². The fourth-order valence-electron chi connectivity index (χ4n) is 6.12. The number of piperidine rings is 1. The van der Waals surface area contributed by atoms with Gasteiger partial charge in [0.1, 0.15) is 11.5 Å². The topological polar surface area (TPSA) is 118 Å². The summed E-state index contributed by atoms with van der Waals surface area (Å²) in [4.78, 5) is 39.8. The zero-order valence-electron chi connectivity index (χ0n) is 27.9. The minimum atomic E-state index is -2.03. The lowest BCUT2D eigenvalue weighted by molar-refractivity contribution is -0.162. The Labute approximate surface area is 279 Å². The number of rotatable bonds is 10. The number of benzene rings is 2. The van der Waals surface area contributed by atoms with Crippen LogP contribution in [0.5, 0.6) is 11.5 Å². The fourth-order valence-corrected chi connectivity index (χ4v) is 6.12. The van der Waals surface area contributed by atoms with Crippen LogP contribution < -0.4 is 14.8 Å². The van der Waals surface area contributed by atoms with Gasteiger partial charge in [0.25, 0.3) is 5.91 Å². The second-order valence-electron chi connectivity index (χ2n) is 12.6. The molecule has 2 amide bonds. The van der Waals surface area contributed by atoms with Crippen LogP contribution in [0.3, 0.4) is 0 Å². The van der Waals surface area contributed by atoms with Crippen LogP contribution in [0.1, 0.15) is 24.6 Å². The summed E-state index contributed by atoms with van der Waals surface area (Å²) in [7, 11) is 7.02. The highest BCUT2D eigenvalue weighted by Gasteiger charge is 2.53. The number of ether oxygens (including phenoxy) is 2. The van der Waals surface area contributed by atoms with Gasteiger partial charge in [-0.1, -0.05) is 6.08 Å². The number of nitrogens with zero attached hydrogens (tertiary/aromatic N) is 7. The number of carbonyl (C=O) groups is 2. The predicted octanol–water partition coefficient (Wildman–Crippen LogP) is 4.39. The molecular formula is C35H41FN8O4. The van der Waals surface area contributed by atoms with Gasteiger partial charge in [-0.25, -0.2) is 9.37 Å². The van der Waals surface area contributed by atoms with Gasteiger partial charge < -0.3 is 29.5 Å². The van der Waals surface area contributed by atoms with Crippen LogP contribution >= 0.6 is 0 Å². The molecule has 48 heavy (non-hydrogen) atoms. The van der Waals surface area contributed by atoms with E-state index in [1.807, 2.05) is 73.2 Å². The molecule has 2 aliphatic heterocycles. The highest BCUT2D eigenvalue weighted by atomic mass is 19.1. The molecule has 0 unspecified atom stereocenters. The van der Waals surface area contributed by atoms with Gasteiger partial charge in [0.2, 0.25) is 11.6 Å². The lowest BCUT2D eigenvalue weighted by atomic mass is 9.92. The summed E-state index contributed by atoms with van der Waals surface area (Å²) in [5.74, 6) is 0.547. The van der Waals surface area contributed by atoms with Crippen molar-refractivity contribution in [1.29, 1.82) is 0 Å². The van der Waals surface area contributed by atoms with E-state index in [9.17, 15) is 9.59 Å². The van der Waals surface area contributed by atoms with E-state index in [0.717, 1.165) is 33.7 Å². The molecule has 12 nitrogen and oxygen atoms in total. The van der Waals surface area contributed by atoms with Crippen LogP contribution in [-0.4, -0.2) is 113 Å². The molecule has 0 saturated carbocycles. The van der Waals surface area contributed by atoms with Crippen molar-refractivity contribution in [3.8, 4) is 22.8 Å². The number of aromatic nitrogens is 4. The van der Waals surface area contributed by atoms with Gasteiger partial charge in [-0.05, 0) is 52.1 Å². The molecule has 13 heteroatoms. The van der Waals surface area contributed by atoms with E-state index in [-0.39, 0.29) is 25.0 Å². The Morgan fingerprint density at radius 1 is 1.02 bits per heavy atom. The first-order valence-corrected chi connectivity index (χ1v) is 16.0. The minimum absolute atomic E-state index is 0.0578. The van der Waals surface area contributed by atoms with E-state index >= 15 is 4.39 Å². The number of anilines is 2. The molecule has 4 heterocycles. The monoisotopic (exact) mass is 656 g/mol. The number of hydrogen-bond acceptors (Lipinski definition) is 9. The number of aryl methyl sites for hydroxylation is 1. The molecule has 2 aromatic carbocycles. The number of fused-ring (bicyclic) bond motifs is 1. The van der Waals surface area contributed by atoms with Crippen LogP contribution in [-0.2, 0) is 9.59 Å².